The van der Waals surface area contributed by atoms with Crippen molar-refractivity contribution in [1.29, 1.82) is 5.41 Å². The lowest BCUT2D eigenvalue weighted by molar-refractivity contribution is 0.678. The second kappa shape index (κ2) is 3.93. The second-order valence-electron chi connectivity index (χ2n) is 4.15. The molecule has 15 heavy (non-hydrogen) atoms. The van der Waals surface area contributed by atoms with Crippen LogP contribution >= 0.6 is 0 Å². The molecular formula is C12H17N3. The molecule has 1 atom stereocenters. The molecule has 0 aromatic heterocycles. The minimum absolute atomic E-state index is 0.270. The largest absolute Gasteiger partial charge is 0.388 e. The lowest BCUT2D eigenvalue weighted by Crippen LogP contribution is -2.32. The molecule has 0 bridgehead atoms. The van der Waals surface area contributed by atoms with Gasteiger partial charge in [0, 0.05) is 24.7 Å². The van der Waals surface area contributed by atoms with Crippen molar-refractivity contribution in [2.24, 2.45) is 5.73 Å². The van der Waals surface area contributed by atoms with E-state index in [1.807, 2.05) is 0 Å². The highest BCUT2D eigenvalue weighted by Crippen LogP contribution is 2.31. The van der Waals surface area contributed by atoms with E-state index in [0.717, 1.165) is 13.0 Å². The first-order chi connectivity index (χ1) is 7.18. The highest BCUT2D eigenvalue weighted by Gasteiger charge is 2.24. The lowest BCUT2D eigenvalue weighted by Gasteiger charge is -2.24. The second-order valence-corrected chi connectivity index (χ2v) is 4.15. The molecule has 1 aromatic carbocycles. The van der Waals surface area contributed by atoms with E-state index in [1.54, 1.807) is 0 Å². The molecule has 0 aliphatic carbocycles. The van der Waals surface area contributed by atoms with Crippen molar-refractivity contribution < 1.29 is 0 Å². The zero-order valence-electron chi connectivity index (χ0n) is 9.03. The molecule has 80 valence electrons. The number of nitrogens with one attached hydrogen (secondary N) is 1. The first-order valence-electron chi connectivity index (χ1n) is 5.36. The monoisotopic (exact) mass is 203 g/mol. The summed E-state index contributed by atoms with van der Waals surface area (Å²) in [6.07, 6.45) is 1.76. The Kier molecular flexibility index (Phi) is 2.62. The van der Waals surface area contributed by atoms with Gasteiger partial charge in [-0.1, -0.05) is 18.2 Å². The fourth-order valence-electron chi connectivity index (χ4n) is 2.21. The van der Waals surface area contributed by atoms with E-state index in [-0.39, 0.29) is 5.84 Å². The Balaban J connectivity index is 2.15. The van der Waals surface area contributed by atoms with E-state index in [9.17, 15) is 0 Å². The van der Waals surface area contributed by atoms with E-state index in [2.05, 4.69) is 36.1 Å². The van der Waals surface area contributed by atoms with Crippen LogP contribution in [0.3, 0.4) is 0 Å². The Bertz CT molecular complexity index is 373. The summed E-state index contributed by atoms with van der Waals surface area (Å²) in [5.41, 5.74) is 8.11. The van der Waals surface area contributed by atoms with Crippen LogP contribution in [-0.2, 0) is 6.42 Å². The fraction of sp³-hybridized carbons (Fsp3) is 0.417. The summed E-state index contributed by atoms with van der Waals surface area (Å²) in [6, 6.07) is 9.01. The van der Waals surface area contributed by atoms with Crippen LogP contribution in [-0.4, -0.2) is 18.4 Å². The molecule has 0 fully saturated rings. The van der Waals surface area contributed by atoms with Crippen LogP contribution in [0.4, 0.5) is 5.69 Å². The molecule has 0 spiro atoms. The third-order valence-electron chi connectivity index (χ3n) is 2.97. The van der Waals surface area contributed by atoms with Crippen molar-refractivity contribution in [3.05, 3.63) is 29.8 Å². The molecular weight excluding hydrogens is 186 g/mol. The number of nitrogens with two attached hydrogens (primary N) is 1. The SMILES string of the molecule is CC1Cc2ccccc2N1CCC(=N)N. The van der Waals surface area contributed by atoms with Gasteiger partial charge in [-0.3, -0.25) is 5.41 Å². The number of para-hydroxylation sites is 1. The normalized spacial score (nSPS) is 19.0. The van der Waals surface area contributed by atoms with Crippen molar-refractivity contribution in [1.82, 2.24) is 0 Å². The number of hydrogen-bond donors (Lipinski definition) is 2. The van der Waals surface area contributed by atoms with Crippen LogP contribution < -0.4 is 10.6 Å². The topological polar surface area (TPSA) is 53.1 Å². The maximum atomic E-state index is 7.26. The number of fused-ring (bicyclic) bond motifs is 1. The van der Waals surface area contributed by atoms with E-state index >= 15 is 0 Å². The Morgan fingerprint density at radius 2 is 2.27 bits per heavy atom. The first-order valence-corrected chi connectivity index (χ1v) is 5.36. The minimum Gasteiger partial charge on any atom is -0.388 e. The van der Waals surface area contributed by atoms with Gasteiger partial charge in [0.2, 0.25) is 0 Å². The van der Waals surface area contributed by atoms with Crippen molar-refractivity contribution in [2.75, 3.05) is 11.4 Å². The molecule has 1 aromatic rings. The number of anilines is 1. The van der Waals surface area contributed by atoms with Gasteiger partial charge in [-0.2, -0.15) is 0 Å². The molecule has 0 radical (unpaired) electrons. The summed E-state index contributed by atoms with van der Waals surface area (Å²) in [5.74, 6) is 0.270. The molecule has 1 aliphatic heterocycles. The molecule has 0 saturated heterocycles. The van der Waals surface area contributed by atoms with E-state index in [4.69, 9.17) is 11.1 Å². The summed E-state index contributed by atoms with van der Waals surface area (Å²) in [4.78, 5) is 2.34. The Morgan fingerprint density at radius 1 is 1.53 bits per heavy atom. The van der Waals surface area contributed by atoms with Gasteiger partial charge < -0.3 is 10.6 Å². The maximum absolute atomic E-state index is 7.26. The maximum Gasteiger partial charge on any atom is 0.0923 e. The summed E-state index contributed by atoms with van der Waals surface area (Å²) < 4.78 is 0. The van der Waals surface area contributed by atoms with Crippen molar-refractivity contribution >= 4 is 11.5 Å². The molecule has 3 nitrogen and oxygen atoms in total. The summed E-state index contributed by atoms with van der Waals surface area (Å²) in [5, 5.41) is 7.26. The van der Waals surface area contributed by atoms with Crippen LogP contribution in [0.5, 0.6) is 0 Å². The van der Waals surface area contributed by atoms with Gasteiger partial charge in [-0.05, 0) is 25.0 Å². The smallest absolute Gasteiger partial charge is 0.0923 e. The molecule has 0 amide bonds. The quantitative estimate of drug-likeness (QED) is 0.581. The first kappa shape index (κ1) is 10.0. The number of amidine groups is 1. The molecule has 1 aliphatic rings. The fourth-order valence-corrected chi connectivity index (χ4v) is 2.21. The van der Waals surface area contributed by atoms with Gasteiger partial charge >= 0.3 is 0 Å². The predicted octanol–water partition coefficient (Wildman–Crippen LogP) is 1.76. The molecule has 1 unspecified atom stereocenters. The van der Waals surface area contributed by atoms with Crippen LogP contribution in [0.2, 0.25) is 0 Å². The van der Waals surface area contributed by atoms with Crippen LogP contribution in [0.25, 0.3) is 0 Å². The molecule has 1 heterocycles. The van der Waals surface area contributed by atoms with Crippen molar-refractivity contribution in [3.8, 4) is 0 Å². The van der Waals surface area contributed by atoms with Crippen LogP contribution in [0.15, 0.2) is 24.3 Å². The zero-order valence-corrected chi connectivity index (χ0v) is 9.03. The summed E-state index contributed by atoms with van der Waals surface area (Å²) >= 11 is 0. The van der Waals surface area contributed by atoms with E-state index < -0.39 is 0 Å². The number of benzene rings is 1. The zero-order chi connectivity index (χ0) is 10.8. The van der Waals surface area contributed by atoms with Gasteiger partial charge in [0.1, 0.15) is 0 Å². The van der Waals surface area contributed by atoms with E-state index in [1.165, 1.54) is 11.3 Å². The number of rotatable bonds is 3. The Morgan fingerprint density at radius 3 is 3.00 bits per heavy atom. The van der Waals surface area contributed by atoms with Gasteiger partial charge in [-0.15, -0.1) is 0 Å². The number of nitrogens with zero attached hydrogens (tertiary/aromatic N) is 1. The van der Waals surface area contributed by atoms with Gasteiger partial charge in [0.05, 0.1) is 5.84 Å². The summed E-state index contributed by atoms with van der Waals surface area (Å²) in [6.45, 7) is 3.08. The minimum atomic E-state index is 0.270. The predicted molar refractivity (Wildman–Crippen MR) is 63.5 cm³/mol. The molecule has 2 rings (SSSR count). The van der Waals surface area contributed by atoms with Crippen LogP contribution in [0, 0.1) is 5.41 Å². The van der Waals surface area contributed by atoms with Crippen LogP contribution in [0.1, 0.15) is 18.9 Å². The van der Waals surface area contributed by atoms with Gasteiger partial charge in [0.15, 0.2) is 0 Å². The van der Waals surface area contributed by atoms with E-state index in [0.29, 0.717) is 12.5 Å². The van der Waals surface area contributed by atoms with Gasteiger partial charge in [-0.25, -0.2) is 0 Å². The average Bonchev–Trinajstić information content (AvgIpc) is 2.50. The molecule has 3 N–H and O–H groups in total. The third-order valence-corrected chi connectivity index (χ3v) is 2.97. The van der Waals surface area contributed by atoms with Gasteiger partial charge in [0.25, 0.3) is 0 Å². The third kappa shape index (κ3) is 1.96. The van der Waals surface area contributed by atoms with Crippen molar-refractivity contribution in [2.45, 2.75) is 25.8 Å². The highest BCUT2D eigenvalue weighted by atomic mass is 15.2. The molecule has 0 saturated carbocycles. The summed E-state index contributed by atoms with van der Waals surface area (Å²) in [7, 11) is 0. The van der Waals surface area contributed by atoms with Crippen molar-refractivity contribution in [3.63, 3.8) is 0 Å². The molecule has 3 heteroatoms. The highest BCUT2D eigenvalue weighted by molar-refractivity contribution is 5.77. The Labute approximate surface area is 90.4 Å². The standard InChI is InChI=1S/C12H17N3/c1-9-8-10-4-2-3-5-11(10)15(9)7-6-12(13)14/h2-5,9H,6-8H2,1H3,(H3,13,14). The Hall–Kier alpha value is -1.51. The average molecular weight is 203 g/mol. The number of hydrogen-bond acceptors (Lipinski definition) is 2. The lowest BCUT2D eigenvalue weighted by atomic mass is 10.1.